The van der Waals surface area contributed by atoms with E-state index < -0.39 is 0 Å². The minimum atomic E-state index is -0.306. The first-order valence-electron chi connectivity index (χ1n) is 6.87. The Morgan fingerprint density at radius 1 is 1.00 bits per heavy atom. The topological polar surface area (TPSA) is 17.1 Å². The summed E-state index contributed by atoms with van der Waals surface area (Å²) < 4.78 is 14.3. The summed E-state index contributed by atoms with van der Waals surface area (Å²) in [6, 6.07) is 16.4. The van der Waals surface area contributed by atoms with E-state index in [0.717, 1.165) is 21.9 Å². The van der Waals surface area contributed by atoms with Crippen molar-refractivity contribution in [2.75, 3.05) is 0 Å². The first-order valence-corrected chi connectivity index (χ1v) is 6.87. The average molecular weight is 278 g/mol. The molecule has 2 heteroatoms. The molecule has 0 saturated heterocycles. The van der Waals surface area contributed by atoms with Crippen LogP contribution in [0.1, 0.15) is 22.8 Å². The smallest absolute Gasteiger partial charge is 0.159 e. The normalized spacial score (nSPS) is 10.8. The molecule has 0 aliphatic carbocycles. The van der Waals surface area contributed by atoms with Gasteiger partial charge in [0.15, 0.2) is 5.78 Å². The molecule has 0 atom stereocenters. The van der Waals surface area contributed by atoms with Gasteiger partial charge in [0.25, 0.3) is 0 Å². The predicted octanol–water partition coefficient (Wildman–Crippen LogP) is 5.16. The minimum Gasteiger partial charge on any atom is -0.295 e. The summed E-state index contributed by atoms with van der Waals surface area (Å²) in [5, 5.41) is 2.06. The van der Waals surface area contributed by atoms with Gasteiger partial charge in [0.2, 0.25) is 0 Å². The number of carbonyl (C=O) groups excluding carboxylic acids is 1. The zero-order chi connectivity index (χ0) is 15.0. The Bertz CT molecular complexity index is 849. The molecule has 3 rings (SSSR count). The summed E-state index contributed by atoms with van der Waals surface area (Å²) in [5.41, 5.74) is 2.86. The number of halogens is 1. The first-order chi connectivity index (χ1) is 10.1. The van der Waals surface area contributed by atoms with Gasteiger partial charge >= 0.3 is 0 Å². The second-order valence-corrected chi connectivity index (χ2v) is 5.23. The van der Waals surface area contributed by atoms with Gasteiger partial charge in [-0.1, -0.05) is 36.4 Å². The van der Waals surface area contributed by atoms with Crippen molar-refractivity contribution < 1.29 is 9.18 Å². The van der Waals surface area contributed by atoms with Gasteiger partial charge in [-0.3, -0.25) is 4.79 Å². The van der Waals surface area contributed by atoms with E-state index in [1.165, 1.54) is 19.1 Å². The number of Topliss-reactive ketones (excluding diaryl/α,β-unsaturated/α-hetero) is 1. The van der Waals surface area contributed by atoms with Crippen LogP contribution in [0.5, 0.6) is 0 Å². The zero-order valence-electron chi connectivity index (χ0n) is 12.0. The zero-order valence-corrected chi connectivity index (χ0v) is 12.0. The third kappa shape index (κ3) is 2.33. The molecule has 0 fully saturated rings. The van der Waals surface area contributed by atoms with E-state index in [2.05, 4.69) is 0 Å². The third-order valence-electron chi connectivity index (χ3n) is 3.78. The monoisotopic (exact) mass is 278 g/mol. The Hall–Kier alpha value is -2.48. The van der Waals surface area contributed by atoms with Crippen LogP contribution < -0.4 is 0 Å². The van der Waals surface area contributed by atoms with E-state index in [1.54, 1.807) is 6.07 Å². The molecule has 0 aromatic heterocycles. The van der Waals surface area contributed by atoms with Crippen molar-refractivity contribution in [3.63, 3.8) is 0 Å². The van der Waals surface area contributed by atoms with Gasteiger partial charge in [0.05, 0.1) is 0 Å². The lowest BCUT2D eigenvalue weighted by molar-refractivity contribution is 0.101. The Morgan fingerprint density at radius 3 is 2.52 bits per heavy atom. The molecule has 0 bridgehead atoms. The highest BCUT2D eigenvalue weighted by Gasteiger charge is 2.13. The van der Waals surface area contributed by atoms with E-state index in [-0.39, 0.29) is 11.6 Å². The van der Waals surface area contributed by atoms with E-state index in [4.69, 9.17) is 0 Å². The molecule has 0 unspecified atom stereocenters. The molecular weight excluding hydrogens is 263 g/mol. The van der Waals surface area contributed by atoms with Gasteiger partial charge < -0.3 is 0 Å². The molecule has 0 amide bonds. The van der Waals surface area contributed by atoms with Crippen molar-refractivity contribution in [3.8, 4) is 11.1 Å². The number of fused-ring (bicyclic) bond motifs is 1. The fourth-order valence-corrected chi connectivity index (χ4v) is 2.67. The first kappa shape index (κ1) is 13.5. The Labute approximate surface area is 123 Å². The Balaban J connectivity index is 2.37. The van der Waals surface area contributed by atoms with Gasteiger partial charge in [-0.25, -0.2) is 4.39 Å². The van der Waals surface area contributed by atoms with E-state index in [9.17, 15) is 9.18 Å². The van der Waals surface area contributed by atoms with E-state index in [0.29, 0.717) is 11.1 Å². The number of rotatable bonds is 2. The maximum absolute atomic E-state index is 14.3. The molecule has 3 aromatic rings. The number of benzene rings is 3. The third-order valence-corrected chi connectivity index (χ3v) is 3.78. The van der Waals surface area contributed by atoms with Crippen LogP contribution in [-0.2, 0) is 0 Å². The van der Waals surface area contributed by atoms with Crippen LogP contribution in [0.3, 0.4) is 0 Å². The lowest BCUT2D eigenvalue weighted by Gasteiger charge is -2.12. The molecule has 0 aliphatic rings. The highest BCUT2D eigenvalue weighted by molar-refractivity contribution is 6.00. The van der Waals surface area contributed by atoms with Crippen LogP contribution in [0.25, 0.3) is 21.9 Å². The summed E-state index contributed by atoms with van der Waals surface area (Å²) in [7, 11) is 0. The SMILES string of the molecule is CC(=O)c1ccc(F)c(-c2c(C)ccc3ccccc23)c1. The van der Waals surface area contributed by atoms with Gasteiger partial charge in [0.1, 0.15) is 5.82 Å². The maximum atomic E-state index is 14.3. The van der Waals surface area contributed by atoms with Crippen LogP contribution in [0.15, 0.2) is 54.6 Å². The maximum Gasteiger partial charge on any atom is 0.159 e. The summed E-state index contributed by atoms with van der Waals surface area (Å²) in [5.74, 6) is -0.367. The highest BCUT2D eigenvalue weighted by atomic mass is 19.1. The van der Waals surface area contributed by atoms with E-state index >= 15 is 0 Å². The largest absolute Gasteiger partial charge is 0.295 e. The lowest BCUT2D eigenvalue weighted by Crippen LogP contribution is -1.96. The summed E-state index contributed by atoms with van der Waals surface area (Å²) in [6.45, 7) is 3.45. The van der Waals surface area contributed by atoms with E-state index in [1.807, 2.05) is 43.3 Å². The fourth-order valence-electron chi connectivity index (χ4n) is 2.67. The van der Waals surface area contributed by atoms with Crippen LogP contribution in [0.2, 0.25) is 0 Å². The molecule has 0 aliphatic heterocycles. The number of carbonyl (C=O) groups is 1. The molecule has 3 aromatic carbocycles. The van der Waals surface area contributed by atoms with Gasteiger partial charge in [-0.15, -0.1) is 0 Å². The standard InChI is InChI=1S/C19H15FO/c1-12-7-8-14-5-3-4-6-16(14)19(12)17-11-15(13(2)21)9-10-18(17)20/h3-11H,1-2H3. The molecule has 21 heavy (non-hydrogen) atoms. The molecule has 104 valence electrons. The van der Waals surface area contributed by atoms with Crippen molar-refractivity contribution in [1.82, 2.24) is 0 Å². The van der Waals surface area contributed by atoms with Crippen molar-refractivity contribution in [2.45, 2.75) is 13.8 Å². The number of ketones is 1. The second-order valence-electron chi connectivity index (χ2n) is 5.23. The van der Waals surface area contributed by atoms with Crippen molar-refractivity contribution in [2.24, 2.45) is 0 Å². The van der Waals surface area contributed by atoms with Crippen LogP contribution >= 0.6 is 0 Å². The van der Waals surface area contributed by atoms with Crippen molar-refractivity contribution in [1.29, 1.82) is 0 Å². The molecule has 0 spiro atoms. The van der Waals surface area contributed by atoms with Gasteiger partial charge in [0, 0.05) is 11.1 Å². The predicted molar refractivity (Wildman–Crippen MR) is 84.1 cm³/mol. The Morgan fingerprint density at radius 2 is 1.76 bits per heavy atom. The summed E-state index contributed by atoms with van der Waals surface area (Å²) in [4.78, 5) is 11.6. The molecule has 1 nitrogen and oxygen atoms in total. The van der Waals surface area contributed by atoms with Crippen molar-refractivity contribution >= 4 is 16.6 Å². The fraction of sp³-hybridized carbons (Fsp3) is 0.105. The summed E-state index contributed by atoms with van der Waals surface area (Å²) >= 11 is 0. The minimum absolute atomic E-state index is 0.0610. The van der Waals surface area contributed by atoms with Crippen molar-refractivity contribution in [3.05, 3.63) is 71.5 Å². The van der Waals surface area contributed by atoms with Crippen LogP contribution in [0, 0.1) is 12.7 Å². The lowest BCUT2D eigenvalue weighted by atomic mass is 9.92. The number of hydrogen-bond acceptors (Lipinski definition) is 1. The highest BCUT2D eigenvalue weighted by Crippen LogP contribution is 2.34. The number of hydrogen-bond donors (Lipinski definition) is 0. The molecule has 0 radical (unpaired) electrons. The van der Waals surface area contributed by atoms with Crippen LogP contribution in [-0.4, -0.2) is 5.78 Å². The summed E-state index contributed by atoms with van der Waals surface area (Å²) in [6.07, 6.45) is 0. The molecular formula is C19H15FO. The van der Waals surface area contributed by atoms with Crippen LogP contribution in [0.4, 0.5) is 4.39 Å². The second kappa shape index (κ2) is 5.13. The molecule has 0 heterocycles. The molecule has 0 saturated carbocycles. The van der Waals surface area contributed by atoms with Gasteiger partial charge in [-0.2, -0.15) is 0 Å². The van der Waals surface area contributed by atoms with Gasteiger partial charge in [-0.05, 0) is 53.9 Å². The number of aryl methyl sites for hydroxylation is 1. The molecule has 0 N–H and O–H groups in total. The average Bonchev–Trinajstić information content (AvgIpc) is 2.48. The Kier molecular flexibility index (Phi) is 3.30. The quantitative estimate of drug-likeness (QED) is 0.592.